The molecule has 0 aliphatic heterocycles. The smallest absolute Gasteiger partial charge is 0.224 e. The number of nitrogens with one attached hydrogen (secondary N) is 1. The van der Waals surface area contributed by atoms with Crippen LogP contribution in [0.5, 0.6) is 0 Å². The summed E-state index contributed by atoms with van der Waals surface area (Å²) in [7, 11) is 1.02. The van der Waals surface area contributed by atoms with Gasteiger partial charge in [-0.15, -0.1) is 0 Å². The highest BCUT2D eigenvalue weighted by atomic mass is 32.2. The number of hydrogen-bond acceptors (Lipinski definition) is 3. The second-order valence-electron chi connectivity index (χ2n) is 9.92. The van der Waals surface area contributed by atoms with Crippen LogP contribution < -0.4 is 5.32 Å². The van der Waals surface area contributed by atoms with Crippen LogP contribution in [0.25, 0.3) is 0 Å². The van der Waals surface area contributed by atoms with E-state index in [0.29, 0.717) is 11.1 Å². The highest BCUT2D eigenvalue weighted by molar-refractivity contribution is 8.01. The first-order valence-electron chi connectivity index (χ1n) is 9.63. The van der Waals surface area contributed by atoms with Crippen LogP contribution in [0, 0.1) is 22.7 Å². The molecule has 0 aromatic heterocycles. The van der Waals surface area contributed by atoms with Crippen molar-refractivity contribution in [3.8, 4) is 0 Å². The molecule has 5 heteroatoms. The summed E-state index contributed by atoms with van der Waals surface area (Å²) in [5.41, 5.74) is 0.191. The number of carbonyl (C=O) groups is 1. The van der Waals surface area contributed by atoms with Crippen molar-refractivity contribution in [2.24, 2.45) is 22.7 Å². The predicted molar refractivity (Wildman–Crippen MR) is 121 cm³/mol. The highest BCUT2D eigenvalue weighted by Gasteiger charge is 2.39. The van der Waals surface area contributed by atoms with Gasteiger partial charge in [-0.05, 0) is 23.0 Å². The number of thiol groups is 1. The number of thioether (sulfide) groups is 1. The van der Waals surface area contributed by atoms with Gasteiger partial charge in [0.1, 0.15) is 7.28 Å². The largest absolute Gasteiger partial charge is 0.344 e. The molecule has 2 nitrogen and oxygen atoms in total. The molecule has 0 heterocycles. The summed E-state index contributed by atoms with van der Waals surface area (Å²) in [6, 6.07) is 0. The molecule has 0 rings (SSSR count). The summed E-state index contributed by atoms with van der Waals surface area (Å²) in [6.45, 7) is 22.4. The Bertz CT molecular complexity index is 432. The number of hydrogen-bond donors (Lipinski definition) is 2. The molecule has 0 fully saturated rings. The molecular weight excluding hydrogens is 345 g/mol. The van der Waals surface area contributed by atoms with E-state index in [1.54, 1.807) is 11.8 Å². The Hall–Kier alpha value is 0.235. The van der Waals surface area contributed by atoms with Crippen molar-refractivity contribution >= 4 is 37.6 Å². The molecule has 0 spiro atoms. The first-order valence-corrected chi connectivity index (χ1v) is 11.4. The fourth-order valence-corrected chi connectivity index (χ4v) is 4.29. The molecule has 0 saturated carbocycles. The molecule has 4 atom stereocenters. The van der Waals surface area contributed by atoms with Crippen molar-refractivity contribution in [1.82, 2.24) is 5.32 Å². The summed E-state index contributed by atoms with van der Waals surface area (Å²) in [6.07, 6.45) is 3.20. The number of rotatable bonds is 9. The Balaban J connectivity index is 5.05. The van der Waals surface area contributed by atoms with Gasteiger partial charge in [-0.2, -0.15) is 24.4 Å². The van der Waals surface area contributed by atoms with E-state index in [4.69, 9.17) is 12.6 Å². The van der Waals surface area contributed by atoms with Crippen molar-refractivity contribution in [3.05, 3.63) is 0 Å². The van der Waals surface area contributed by atoms with Crippen LogP contribution in [-0.2, 0) is 4.79 Å². The van der Waals surface area contributed by atoms with Crippen LogP contribution in [0.4, 0.5) is 0 Å². The predicted octanol–water partition coefficient (Wildman–Crippen LogP) is 5.44. The van der Waals surface area contributed by atoms with Crippen LogP contribution in [0.3, 0.4) is 0 Å². The molecule has 0 aromatic rings. The van der Waals surface area contributed by atoms with Crippen LogP contribution in [0.15, 0.2) is 0 Å². The average Bonchev–Trinajstić information content (AvgIpc) is 2.49. The molecule has 148 valence electrons. The Morgan fingerprint density at radius 1 is 1.12 bits per heavy atom. The minimum Gasteiger partial charge on any atom is -0.344 e. The molecule has 0 aliphatic rings. The molecule has 1 N–H and O–H groups in total. The normalized spacial score (nSPS) is 18.2. The van der Waals surface area contributed by atoms with Gasteiger partial charge < -0.3 is 5.32 Å². The zero-order valence-electron chi connectivity index (χ0n) is 18.5. The SMILES string of the molecule is CCC(C)C(C)(C)C(C)C(=O)NC(S)C(BC(C)(C)C(C)(C)C)SC. The van der Waals surface area contributed by atoms with Crippen molar-refractivity contribution < 1.29 is 4.79 Å². The van der Waals surface area contributed by atoms with Gasteiger partial charge in [0.15, 0.2) is 0 Å². The van der Waals surface area contributed by atoms with E-state index in [1.807, 2.05) is 0 Å². The van der Waals surface area contributed by atoms with Crippen LogP contribution in [-0.4, -0.2) is 30.0 Å². The first-order chi connectivity index (χ1) is 11.1. The zero-order valence-corrected chi connectivity index (χ0v) is 20.2. The molecule has 0 radical (unpaired) electrons. The van der Waals surface area contributed by atoms with Crippen molar-refractivity contribution in [3.63, 3.8) is 0 Å². The third-order valence-corrected chi connectivity index (χ3v) is 8.81. The van der Waals surface area contributed by atoms with E-state index in [-0.39, 0.29) is 33.3 Å². The van der Waals surface area contributed by atoms with E-state index in [9.17, 15) is 4.79 Å². The van der Waals surface area contributed by atoms with E-state index in [1.165, 1.54) is 0 Å². The topological polar surface area (TPSA) is 29.1 Å². The second-order valence-corrected chi connectivity index (χ2v) is 11.6. The lowest BCUT2D eigenvalue weighted by Crippen LogP contribution is -2.49. The maximum absolute atomic E-state index is 12.8. The zero-order chi connectivity index (χ0) is 20.2. The van der Waals surface area contributed by atoms with E-state index < -0.39 is 0 Å². The minimum atomic E-state index is -0.126. The van der Waals surface area contributed by atoms with E-state index in [2.05, 4.69) is 80.8 Å². The summed E-state index contributed by atoms with van der Waals surface area (Å²) >= 11 is 6.57. The number of carbonyl (C=O) groups excluding carboxylic acids is 1. The standard InChI is InChI=1S/C20H42BNOS2/c1-12-13(2)19(7,8)14(3)16(23)22-17(24)15(25-11)21-20(9,10)18(4,5)6/h13-15,17,21,24H,12H2,1-11H3,(H,22,23). The quantitative estimate of drug-likeness (QED) is 0.313. The molecule has 0 bridgehead atoms. The van der Waals surface area contributed by atoms with Crippen molar-refractivity contribution in [2.75, 3.05) is 6.26 Å². The molecular formula is C20H42BNOS2. The molecule has 0 aromatic carbocycles. The third kappa shape index (κ3) is 6.72. The molecule has 4 unspecified atom stereocenters. The maximum Gasteiger partial charge on any atom is 0.224 e. The Kier molecular flexibility index (Phi) is 9.53. The Morgan fingerprint density at radius 3 is 1.96 bits per heavy atom. The lowest BCUT2D eigenvalue weighted by atomic mass is 9.43. The van der Waals surface area contributed by atoms with Gasteiger partial charge in [-0.1, -0.05) is 81.0 Å². The summed E-state index contributed by atoms with van der Waals surface area (Å²) in [5.74, 6) is 0.593. The van der Waals surface area contributed by atoms with Gasteiger partial charge in [-0.3, -0.25) is 4.79 Å². The van der Waals surface area contributed by atoms with Crippen LogP contribution >= 0.6 is 24.4 Å². The summed E-state index contributed by atoms with van der Waals surface area (Å²) < 4.78 is 0. The Morgan fingerprint density at radius 2 is 1.60 bits per heavy atom. The van der Waals surface area contributed by atoms with Gasteiger partial charge in [0.25, 0.3) is 0 Å². The van der Waals surface area contributed by atoms with Crippen molar-refractivity contribution in [1.29, 1.82) is 0 Å². The highest BCUT2D eigenvalue weighted by Crippen LogP contribution is 2.45. The lowest BCUT2D eigenvalue weighted by molar-refractivity contribution is -0.129. The Labute approximate surface area is 168 Å². The lowest BCUT2D eigenvalue weighted by Gasteiger charge is -2.42. The van der Waals surface area contributed by atoms with E-state index >= 15 is 0 Å². The monoisotopic (exact) mass is 387 g/mol. The average molecular weight is 388 g/mol. The number of amides is 1. The van der Waals surface area contributed by atoms with Gasteiger partial charge >= 0.3 is 0 Å². The molecule has 0 saturated heterocycles. The fraction of sp³-hybridized carbons (Fsp3) is 0.950. The van der Waals surface area contributed by atoms with E-state index in [0.717, 1.165) is 13.7 Å². The van der Waals surface area contributed by atoms with Crippen molar-refractivity contribution in [2.45, 2.75) is 91.5 Å². The van der Waals surface area contributed by atoms with Gasteiger partial charge in [0.2, 0.25) is 5.91 Å². The molecule has 25 heavy (non-hydrogen) atoms. The third-order valence-electron chi connectivity index (χ3n) is 7.08. The van der Waals surface area contributed by atoms with Crippen LogP contribution in [0.1, 0.15) is 75.7 Å². The maximum atomic E-state index is 12.8. The fourth-order valence-electron chi connectivity index (χ4n) is 2.79. The summed E-state index contributed by atoms with van der Waals surface area (Å²) in [4.78, 5) is 12.8. The first kappa shape index (κ1) is 25.2. The van der Waals surface area contributed by atoms with Gasteiger partial charge in [0.05, 0.1) is 5.37 Å². The van der Waals surface area contributed by atoms with Crippen LogP contribution in [0.2, 0.25) is 5.31 Å². The molecule has 0 aliphatic carbocycles. The van der Waals surface area contributed by atoms with Gasteiger partial charge in [-0.25, -0.2) is 0 Å². The second kappa shape index (κ2) is 9.44. The summed E-state index contributed by atoms with van der Waals surface area (Å²) in [5, 5.41) is 3.54. The minimum absolute atomic E-state index is 0.0220. The van der Waals surface area contributed by atoms with Gasteiger partial charge in [0, 0.05) is 11.1 Å². The molecule has 1 amide bonds.